The molecule has 1 aromatic carbocycles. The van der Waals surface area contributed by atoms with Crippen molar-refractivity contribution in [2.75, 3.05) is 0 Å². The van der Waals surface area contributed by atoms with E-state index in [0.29, 0.717) is 16.2 Å². The Morgan fingerprint density at radius 2 is 2.05 bits per heavy atom. The molecule has 98 valence electrons. The molecule has 19 heavy (non-hydrogen) atoms. The van der Waals surface area contributed by atoms with E-state index in [1.807, 2.05) is 0 Å². The van der Waals surface area contributed by atoms with E-state index in [1.165, 1.54) is 36.2 Å². The molecule has 0 bridgehead atoms. The minimum atomic E-state index is -1.31. The molecule has 0 saturated carbocycles. The quantitative estimate of drug-likeness (QED) is 0.873. The van der Waals surface area contributed by atoms with E-state index >= 15 is 0 Å². The van der Waals surface area contributed by atoms with Crippen molar-refractivity contribution in [3.05, 3.63) is 59.4 Å². The van der Waals surface area contributed by atoms with E-state index in [1.54, 1.807) is 0 Å². The number of halogens is 2. The molecule has 0 radical (unpaired) electrons. The van der Waals surface area contributed by atoms with Crippen molar-refractivity contribution in [2.45, 2.75) is 10.6 Å². The van der Waals surface area contributed by atoms with Crippen LogP contribution in [0.4, 0.5) is 8.78 Å². The zero-order chi connectivity index (χ0) is 13.8. The van der Waals surface area contributed by atoms with Crippen LogP contribution in [-0.2, 0) is 5.75 Å². The fraction of sp³-hybridized carbons (Fsp3) is 0.0769. The summed E-state index contributed by atoms with van der Waals surface area (Å²) in [6.45, 7) is 0. The first-order valence-electron chi connectivity index (χ1n) is 5.31. The molecule has 0 amide bonds. The van der Waals surface area contributed by atoms with Gasteiger partial charge in [-0.1, -0.05) is 0 Å². The molecule has 1 N–H and O–H groups in total. The van der Waals surface area contributed by atoms with Gasteiger partial charge >= 0.3 is 5.97 Å². The number of carboxylic acids is 1. The van der Waals surface area contributed by atoms with Crippen LogP contribution in [0.15, 0.2) is 41.6 Å². The Kier molecular flexibility index (Phi) is 4.11. The molecule has 2 aromatic rings. The van der Waals surface area contributed by atoms with Crippen molar-refractivity contribution < 1.29 is 18.7 Å². The predicted octanol–water partition coefficient (Wildman–Crippen LogP) is 3.35. The first-order valence-corrected chi connectivity index (χ1v) is 6.30. The van der Waals surface area contributed by atoms with Crippen LogP contribution in [0.5, 0.6) is 0 Å². The van der Waals surface area contributed by atoms with E-state index in [-0.39, 0.29) is 5.56 Å². The third-order valence-corrected chi connectivity index (χ3v) is 3.40. The van der Waals surface area contributed by atoms with Crippen LogP contribution in [0.1, 0.15) is 15.9 Å². The Morgan fingerprint density at radius 1 is 1.26 bits per heavy atom. The van der Waals surface area contributed by atoms with E-state index in [2.05, 4.69) is 4.98 Å². The summed E-state index contributed by atoms with van der Waals surface area (Å²) in [6.07, 6.45) is 2.63. The van der Waals surface area contributed by atoms with Crippen molar-refractivity contribution in [1.29, 1.82) is 0 Å². The van der Waals surface area contributed by atoms with Gasteiger partial charge in [-0.05, 0) is 29.8 Å². The number of hydrogen-bond donors (Lipinski definition) is 1. The molecule has 0 atom stereocenters. The number of aromatic carboxylic acids is 1. The number of aromatic nitrogens is 1. The number of pyridine rings is 1. The van der Waals surface area contributed by atoms with Crippen molar-refractivity contribution in [1.82, 2.24) is 4.98 Å². The summed E-state index contributed by atoms with van der Waals surface area (Å²) in [6, 6.07) is 5.20. The molecule has 0 aliphatic carbocycles. The molecule has 1 heterocycles. The molecule has 0 fully saturated rings. The highest BCUT2D eigenvalue weighted by atomic mass is 32.2. The first-order chi connectivity index (χ1) is 9.06. The highest BCUT2D eigenvalue weighted by Gasteiger charge is 2.11. The van der Waals surface area contributed by atoms with Crippen molar-refractivity contribution in [2.24, 2.45) is 0 Å². The van der Waals surface area contributed by atoms with E-state index in [4.69, 9.17) is 5.11 Å². The van der Waals surface area contributed by atoms with Gasteiger partial charge in [-0.15, -0.1) is 11.8 Å². The Balaban J connectivity index is 2.12. The molecule has 3 nitrogen and oxygen atoms in total. The second kappa shape index (κ2) is 5.79. The predicted molar refractivity (Wildman–Crippen MR) is 67.1 cm³/mol. The first kappa shape index (κ1) is 13.5. The standard InChI is InChI=1S/C13H9F2NO2S/c14-9-3-8(5-16-6-9)7-19-10-1-2-12(15)11(4-10)13(17)18/h1-6H,7H2,(H,17,18). The third-order valence-electron chi connectivity index (χ3n) is 2.34. The monoisotopic (exact) mass is 281 g/mol. The summed E-state index contributed by atoms with van der Waals surface area (Å²) in [5.74, 6) is -2.09. The highest BCUT2D eigenvalue weighted by molar-refractivity contribution is 7.98. The van der Waals surface area contributed by atoms with Crippen LogP contribution in [-0.4, -0.2) is 16.1 Å². The summed E-state index contributed by atoms with van der Waals surface area (Å²) in [4.78, 5) is 15.1. The van der Waals surface area contributed by atoms with Crippen LogP contribution in [0.3, 0.4) is 0 Å². The van der Waals surface area contributed by atoms with E-state index < -0.39 is 17.6 Å². The molecule has 0 spiro atoms. The lowest BCUT2D eigenvalue weighted by Gasteiger charge is -2.04. The van der Waals surface area contributed by atoms with Gasteiger partial charge < -0.3 is 5.11 Å². The smallest absolute Gasteiger partial charge is 0.338 e. The molecule has 0 aliphatic rings. The summed E-state index contributed by atoms with van der Waals surface area (Å²) >= 11 is 1.29. The number of carboxylic acid groups (broad SMARTS) is 1. The van der Waals surface area contributed by atoms with Crippen LogP contribution in [0.2, 0.25) is 0 Å². The average Bonchev–Trinajstić information content (AvgIpc) is 2.37. The van der Waals surface area contributed by atoms with Gasteiger partial charge in [-0.3, -0.25) is 4.98 Å². The van der Waals surface area contributed by atoms with Gasteiger partial charge in [0.1, 0.15) is 11.6 Å². The van der Waals surface area contributed by atoms with Gasteiger partial charge in [-0.25, -0.2) is 13.6 Å². The molecular formula is C13H9F2NO2S. The van der Waals surface area contributed by atoms with Gasteiger partial charge in [-0.2, -0.15) is 0 Å². The lowest BCUT2D eigenvalue weighted by Crippen LogP contribution is -2.00. The van der Waals surface area contributed by atoms with Crippen molar-refractivity contribution in [3.63, 3.8) is 0 Å². The summed E-state index contributed by atoms with van der Waals surface area (Å²) in [5, 5.41) is 8.80. The molecule has 0 saturated heterocycles. The number of benzene rings is 1. The molecule has 2 rings (SSSR count). The van der Waals surface area contributed by atoms with Gasteiger partial charge in [0, 0.05) is 16.8 Å². The fourth-order valence-electron chi connectivity index (χ4n) is 1.46. The molecule has 0 aliphatic heterocycles. The highest BCUT2D eigenvalue weighted by Crippen LogP contribution is 2.24. The maximum absolute atomic E-state index is 13.2. The molecular weight excluding hydrogens is 272 g/mol. The normalized spacial score (nSPS) is 10.4. The zero-order valence-corrected chi connectivity index (χ0v) is 10.5. The van der Waals surface area contributed by atoms with Gasteiger partial charge in [0.2, 0.25) is 0 Å². The number of nitrogens with zero attached hydrogens (tertiary/aromatic N) is 1. The Labute approximate surface area is 112 Å². The molecule has 1 aromatic heterocycles. The largest absolute Gasteiger partial charge is 0.478 e. The van der Waals surface area contributed by atoms with Gasteiger partial charge in [0.05, 0.1) is 11.8 Å². The Morgan fingerprint density at radius 3 is 2.74 bits per heavy atom. The molecule has 0 unspecified atom stereocenters. The van der Waals surface area contributed by atoms with Crippen LogP contribution < -0.4 is 0 Å². The van der Waals surface area contributed by atoms with Gasteiger partial charge in [0.25, 0.3) is 0 Å². The minimum Gasteiger partial charge on any atom is -0.478 e. The zero-order valence-electron chi connectivity index (χ0n) is 9.64. The summed E-state index contributed by atoms with van der Waals surface area (Å²) in [5.41, 5.74) is 0.300. The van der Waals surface area contributed by atoms with Crippen LogP contribution in [0.25, 0.3) is 0 Å². The number of carbonyl (C=O) groups is 1. The number of rotatable bonds is 4. The number of thioether (sulfide) groups is 1. The van der Waals surface area contributed by atoms with E-state index in [0.717, 1.165) is 12.3 Å². The van der Waals surface area contributed by atoms with E-state index in [9.17, 15) is 13.6 Å². The maximum atomic E-state index is 13.2. The van der Waals surface area contributed by atoms with Crippen LogP contribution >= 0.6 is 11.8 Å². The third kappa shape index (κ3) is 3.51. The fourth-order valence-corrected chi connectivity index (χ4v) is 2.32. The van der Waals surface area contributed by atoms with Gasteiger partial charge in [0.15, 0.2) is 0 Å². The maximum Gasteiger partial charge on any atom is 0.338 e. The summed E-state index contributed by atoms with van der Waals surface area (Å²) in [7, 11) is 0. The topological polar surface area (TPSA) is 50.2 Å². The average molecular weight is 281 g/mol. The SMILES string of the molecule is O=C(O)c1cc(SCc2cncc(F)c2)ccc1F. The van der Waals surface area contributed by atoms with Crippen molar-refractivity contribution in [3.8, 4) is 0 Å². The van der Waals surface area contributed by atoms with Crippen molar-refractivity contribution >= 4 is 17.7 Å². The Hall–Kier alpha value is -1.95. The molecule has 6 heteroatoms. The second-order valence-electron chi connectivity index (χ2n) is 3.75. The number of hydrogen-bond acceptors (Lipinski definition) is 3. The minimum absolute atomic E-state index is 0.373. The Bertz CT molecular complexity index is 619. The van der Waals surface area contributed by atoms with Crippen LogP contribution in [0, 0.1) is 11.6 Å². The second-order valence-corrected chi connectivity index (χ2v) is 4.80. The lowest BCUT2D eigenvalue weighted by molar-refractivity contribution is 0.0691. The lowest BCUT2D eigenvalue weighted by atomic mass is 10.2. The summed E-state index contributed by atoms with van der Waals surface area (Å²) < 4.78 is 26.1.